The zero-order valence-corrected chi connectivity index (χ0v) is 11.4. The molecule has 0 bridgehead atoms. The Morgan fingerprint density at radius 3 is 2.67 bits per heavy atom. The Kier molecular flexibility index (Phi) is 3.60. The van der Waals surface area contributed by atoms with Crippen molar-refractivity contribution in [3.8, 4) is 5.88 Å². The molecule has 1 aliphatic rings. The molecule has 9 heteroatoms. The Hall–Kier alpha value is -2.19. The van der Waals surface area contributed by atoms with Gasteiger partial charge in [-0.3, -0.25) is 0 Å². The lowest BCUT2D eigenvalue weighted by Gasteiger charge is -2.36. The molecule has 0 aromatic carbocycles. The fourth-order valence-electron chi connectivity index (χ4n) is 2.23. The van der Waals surface area contributed by atoms with E-state index in [1.54, 1.807) is 0 Å². The van der Waals surface area contributed by atoms with Crippen LogP contribution in [0, 0.1) is 0 Å². The molecule has 1 aromatic rings. The molecular formula is C12H15F3N4O2. The smallest absolute Gasteiger partial charge is 0.425 e. The molecule has 2 heterocycles. The maximum absolute atomic E-state index is 12.9. The van der Waals surface area contributed by atoms with Crippen LogP contribution in [-0.2, 0) is 10.3 Å². The van der Waals surface area contributed by atoms with Crippen molar-refractivity contribution < 1.29 is 22.6 Å². The number of anilines is 1. The zero-order chi connectivity index (χ0) is 15.8. The fourth-order valence-corrected chi connectivity index (χ4v) is 2.23. The molecule has 0 aliphatic carbocycles. The number of methoxy groups -OCH3 is 1. The van der Waals surface area contributed by atoms with Crippen LogP contribution in [0.5, 0.6) is 5.88 Å². The molecule has 0 saturated carbocycles. The van der Waals surface area contributed by atoms with E-state index in [1.807, 2.05) is 0 Å². The zero-order valence-electron chi connectivity index (χ0n) is 11.4. The second-order valence-corrected chi connectivity index (χ2v) is 4.90. The summed E-state index contributed by atoms with van der Waals surface area (Å²) in [5, 5.41) is 0. The number of hydrogen-bond donors (Lipinski definition) is 2. The Bertz CT molecular complexity index is 576. The topological polar surface area (TPSA) is 95.8 Å². The molecule has 0 spiro atoms. The summed E-state index contributed by atoms with van der Waals surface area (Å²) in [5.41, 5.74) is 10.4. The van der Waals surface area contributed by atoms with Crippen molar-refractivity contribution in [2.24, 2.45) is 10.7 Å². The quantitative estimate of drug-likeness (QED) is 0.864. The Labute approximate surface area is 118 Å². The van der Waals surface area contributed by atoms with Gasteiger partial charge in [-0.25, -0.2) is 9.98 Å². The first-order chi connectivity index (χ1) is 9.65. The van der Waals surface area contributed by atoms with Gasteiger partial charge in [0.05, 0.1) is 24.5 Å². The van der Waals surface area contributed by atoms with Gasteiger partial charge in [0.25, 0.3) is 6.02 Å². The molecule has 0 saturated heterocycles. The molecule has 6 nitrogen and oxygen atoms in total. The van der Waals surface area contributed by atoms with Crippen LogP contribution in [0.25, 0.3) is 0 Å². The molecule has 0 unspecified atom stereocenters. The number of pyridine rings is 1. The predicted molar refractivity (Wildman–Crippen MR) is 69.7 cm³/mol. The SMILES string of the molecule is COc1ncc(N)cc1[C@]1(C)C[C@@H](C(F)(F)F)OC(N)=N1. The number of rotatable bonds is 2. The molecule has 116 valence electrons. The van der Waals surface area contributed by atoms with Crippen LogP contribution in [-0.4, -0.2) is 30.4 Å². The van der Waals surface area contributed by atoms with Crippen molar-refractivity contribution in [1.82, 2.24) is 4.98 Å². The molecule has 0 radical (unpaired) electrons. The highest BCUT2D eigenvalue weighted by Gasteiger charge is 2.50. The molecular weight excluding hydrogens is 289 g/mol. The van der Waals surface area contributed by atoms with E-state index < -0.39 is 30.3 Å². The lowest BCUT2D eigenvalue weighted by molar-refractivity contribution is -0.208. The number of aromatic nitrogens is 1. The highest BCUT2D eigenvalue weighted by Crippen LogP contribution is 2.42. The van der Waals surface area contributed by atoms with Crippen molar-refractivity contribution in [2.45, 2.75) is 31.2 Å². The van der Waals surface area contributed by atoms with Gasteiger partial charge in [-0.2, -0.15) is 13.2 Å². The first-order valence-electron chi connectivity index (χ1n) is 6.04. The minimum atomic E-state index is -4.55. The van der Waals surface area contributed by atoms with Crippen molar-refractivity contribution in [2.75, 3.05) is 12.8 Å². The average molecular weight is 304 g/mol. The van der Waals surface area contributed by atoms with Crippen molar-refractivity contribution in [1.29, 1.82) is 0 Å². The van der Waals surface area contributed by atoms with Crippen LogP contribution in [0.4, 0.5) is 18.9 Å². The van der Waals surface area contributed by atoms with Gasteiger partial charge in [-0.15, -0.1) is 0 Å². The molecule has 0 amide bonds. The van der Waals surface area contributed by atoms with Crippen LogP contribution in [0.2, 0.25) is 0 Å². The fraction of sp³-hybridized carbons (Fsp3) is 0.500. The number of hydrogen-bond acceptors (Lipinski definition) is 6. The first kappa shape index (κ1) is 15.2. The summed E-state index contributed by atoms with van der Waals surface area (Å²) in [5.74, 6) is 0.145. The molecule has 0 fully saturated rings. The third-order valence-corrected chi connectivity index (χ3v) is 3.21. The van der Waals surface area contributed by atoms with E-state index in [2.05, 4.69) is 14.7 Å². The van der Waals surface area contributed by atoms with E-state index in [1.165, 1.54) is 26.3 Å². The standard InChI is InChI=1S/C12H15F3N4O2/c1-11(7-3-6(16)5-18-9(7)20-2)4-8(12(13,14)15)21-10(17)19-11/h3,5,8H,4,16H2,1-2H3,(H2,17,19)/t8-,11-/m0/s1. The summed E-state index contributed by atoms with van der Waals surface area (Å²) in [6.07, 6.45) is -5.70. The van der Waals surface area contributed by atoms with Crippen molar-refractivity contribution >= 4 is 11.7 Å². The van der Waals surface area contributed by atoms with Crippen molar-refractivity contribution in [3.63, 3.8) is 0 Å². The normalized spacial score (nSPS) is 26.0. The van der Waals surface area contributed by atoms with Gasteiger partial charge in [-0.1, -0.05) is 0 Å². The number of alkyl halides is 3. The number of ether oxygens (including phenoxy) is 2. The molecule has 21 heavy (non-hydrogen) atoms. The summed E-state index contributed by atoms with van der Waals surface area (Å²) >= 11 is 0. The monoisotopic (exact) mass is 304 g/mol. The summed E-state index contributed by atoms with van der Waals surface area (Å²) in [6, 6.07) is 0.942. The summed E-state index contributed by atoms with van der Waals surface area (Å²) in [7, 11) is 1.36. The van der Waals surface area contributed by atoms with Gasteiger partial charge in [-0.05, 0) is 13.0 Å². The maximum Gasteiger partial charge on any atom is 0.425 e. The average Bonchev–Trinajstić information content (AvgIpc) is 2.36. The third kappa shape index (κ3) is 2.96. The minimum absolute atomic E-state index is 0.145. The first-order valence-corrected chi connectivity index (χ1v) is 6.04. The second-order valence-electron chi connectivity index (χ2n) is 4.90. The largest absolute Gasteiger partial charge is 0.481 e. The van der Waals surface area contributed by atoms with Gasteiger partial charge in [0, 0.05) is 12.0 Å². The van der Waals surface area contributed by atoms with Gasteiger partial charge in [0.15, 0.2) is 6.10 Å². The van der Waals surface area contributed by atoms with E-state index in [0.717, 1.165) is 0 Å². The maximum atomic E-state index is 12.9. The van der Waals surface area contributed by atoms with Gasteiger partial charge < -0.3 is 20.9 Å². The molecule has 2 atom stereocenters. The molecule has 4 N–H and O–H groups in total. The second kappa shape index (κ2) is 4.97. The number of amidine groups is 1. The van der Waals surface area contributed by atoms with E-state index in [-0.39, 0.29) is 11.6 Å². The minimum Gasteiger partial charge on any atom is -0.481 e. The highest BCUT2D eigenvalue weighted by atomic mass is 19.4. The lowest BCUT2D eigenvalue weighted by Crippen LogP contribution is -2.46. The summed E-state index contributed by atoms with van der Waals surface area (Å²) < 4.78 is 48.4. The molecule has 1 aliphatic heterocycles. The highest BCUT2D eigenvalue weighted by molar-refractivity contribution is 5.73. The number of aliphatic imine (C=N–C) groups is 1. The number of nitrogens with two attached hydrogens (primary N) is 2. The number of halogens is 3. The van der Waals surface area contributed by atoms with Gasteiger partial charge >= 0.3 is 6.18 Å². The van der Waals surface area contributed by atoms with Crippen molar-refractivity contribution in [3.05, 3.63) is 17.8 Å². The Balaban J connectivity index is 2.50. The van der Waals surface area contributed by atoms with E-state index in [4.69, 9.17) is 16.2 Å². The lowest BCUT2D eigenvalue weighted by atomic mass is 9.86. The number of nitrogen functional groups attached to an aromatic ring is 1. The van der Waals surface area contributed by atoms with E-state index >= 15 is 0 Å². The van der Waals surface area contributed by atoms with Crippen LogP contribution in [0.1, 0.15) is 18.9 Å². The third-order valence-electron chi connectivity index (χ3n) is 3.21. The Morgan fingerprint density at radius 1 is 1.43 bits per heavy atom. The van der Waals surface area contributed by atoms with E-state index in [9.17, 15) is 13.2 Å². The summed E-state index contributed by atoms with van der Waals surface area (Å²) in [4.78, 5) is 7.94. The van der Waals surface area contributed by atoms with Gasteiger partial charge in [0.2, 0.25) is 5.88 Å². The Morgan fingerprint density at radius 2 is 2.10 bits per heavy atom. The summed E-state index contributed by atoms with van der Waals surface area (Å²) in [6.45, 7) is 1.50. The predicted octanol–water partition coefficient (Wildman–Crippen LogP) is 1.55. The van der Waals surface area contributed by atoms with Crippen LogP contribution < -0.4 is 16.2 Å². The van der Waals surface area contributed by atoms with Crippen LogP contribution in [0.15, 0.2) is 17.3 Å². The van der Waals surface area contributed by atoms with Gasteiger partial charge in [0.1, 0.15) is 0 Å². The van der Waals surface area contributed by atoms with Crippen LogP contribution in [0.3, 0.4) is 0 Å². The van der Waals surface area contributed by atoms with Crippen LogP contribution >= 0.6 is 0 Å². The molecule has 2 rings (SSSR count). The number of nitrogens with zero attached hydrogens (tertiary/aromatic N) is 2. The molecule has 1 aromatic heterocycles. The van der Waals surface area contributed by atoms with E-state index in [0.29, 0.717) is 5.56 Å².